The van der Waals surface area contributed by atoms with Gasteiger partial charge in [-0.1, -0.05) is 26.7 Å². The fraction of sp³-hybridized carbons (Fsp3) is 0.941. The quantitative estimate of drug-likeness (QED) is 0.451. The van der Waals surface area contributed by atoms with E-state index in [0.29, 0.717) is 12.5 Å². The molecule has 3 N–H and O–H groups in total. The normalized spacial score (nSPS) is 19.5. The van der Waals surface area contributed by atoms with Crippen LogP contribution in [0, 0.1) is 5.92 Å². The van der Waals surface area contributed by atoms with E-state index in [1.807, 2.05) is 6.92 Å². The van der Waals surface area contributed by atoms with Crippen molar-refractivity contribution in [2.75, 3.05) is 26.2 Å². The predicted molar refractivity (Wildman–Crippen MR) is 92.3 cm³/mol. The lowest BCUT2D eigenvalue weighted by molar-refractivity contribution is 0.0258. The second-order valence-corrected chi connectivity index (χ2v) is 6.58. The highest BCUT2D eigenvalue weighted by molar-refractivity contribution is 5.79. The van der Waals surface area contributed by atoms with Crippen LogP contribution in [0.2, 0.25) is 0 Å². The standard InChI is InChI=1S/C17H35N3O2/c1-5-18-16(20-13-17(21)10-7-8-11-17)19-12-9-15(14(3)4)22-6-2/h14-15,21H,5-13H2,1-4H3,(H2,18,19,20). The first-order valence-corrected chi connectivity index (χ1v) is 8.87. The van der Waals surface area contributed by atoms with Crippen LogP contribution >= 0.6 is 0 Å². The topological polar surface area (TPSA) is 65.9 Å². The van der Waals surface area contributed by atoms with Crippen molar-refractivity contribution in [1.82, 2.24) is 10.6 Å². The van der Waals surface area contributed by atoms with Gasteiger partial charge in [-0.05, 0) is 39.0 Å². The van der Waals surface area contributed by atoms with Crippen molar-refractivity contribution in [3.63, 3.8) is 0 Å². The van der Waals surface area contributed by atoms with Crippen molar-refractivity contribution in [2.24, 2.45) is 10.9 Å². The molecular weight excluding hydrogens is 278 g/mol. The van der Waals surface area contributed by atoms with Gasteiger partial charge in [0.1, 0.15) is 0 Å². The Bertz CT molecular complexity index is 326. The van der Waals surface area contributed by atoms with Gasteiger partial charge in [0.2, 0.25) is 0 Å². The van der Waals surface area contributed by atoms with E-state index in [2.05, 4.69) is 36.4 Å². The average Bonchev–Trinajstić information content (AvgIpc) is 2.91. The summed E-state index contributed by atoms with van der Waals surface area (Å²) in [4.78, 5) is 4.56. The van der Waals surface area contributed by atoms with Gasteiger partial charge in [-0.2, -0.15) is 0 Å². The van der Waals surface area contributed by atoms with E-state index in [4.69, 9.17) is 4.74 Å². The third-order valence-corrected chi connectivity index (χ3v) is 4.26. The molecule has 1 aliphatic rings. The van der Waals surface area contributed by atoms with Gasteiger partial charge in [0, 0.05) is 19.7 Å². The number of aliphatic hydroxyl groups is 1. The number of ether oxygens (including phenoxy) is 1. The molecule has 0 bridgehead atoms. The van der Waals surface area contributed by atoms with Gasteiger partial charge in [-0.25, -0.2) is 0 Å². The number of nitrogens with zero attached hydrogens (tertiary/aromatic N) is 1. The van der Waals surface area contributed by atoms with Crippen LogP contribution in [0.4, 0.5) is 0 Å². The molecule has 130 valence electrons. The number of hydrogen-bond donors (Lipinski definition) is 3. The lowest BCUT2D eigenvalue weighted by Gasteiger charge is -2.22. The van der Waals surface area contributed by atoms with Gasteiger partial charge in [0.15, 0.2) is 5.96 Å². The number of nitrogens with one attached hydrogen (secondary N) is 2. The summed E-state index contributed by atoms with van der Waals surface area (Å²) in [6.45, 7) is 11.4. The van der Waals surface area contributed by atoms with E-state index in [0.717, 1.165) is 57.8 Å². The molecule has 0 aromatic heterocycles. The lowest BCUT2D eigenvalue weighted by atomic mass is 10.0. The number of guanidine groups is 1. The number of rotatable bonds is 9. The van der Waals surface area contributed by atoms with Crippen molar-refractivity contribution >= 4 is 5.96 Å². The molecule has 1 rings (SSSR count). The molecule has 1 aliphatic carbocycles. The van der Waals surface area contributed by atoms with Gasteiger partial charge >= 0.3 is 0 Å². The van der Waals surface area contributed by atoms with E-state index in [1.165, 1.54) is 0 Å². The maximum absolute atomic E-state index is 10.4. The first kappa shape index (κ1) is 19.2. The van der Waals surface area contributed by atoms with Crippen molar-refractivity contribution in [3.8, 4) is 0 Å². The van der Waals surface area contributed by atoms with Crippen molar-refractivity contribution in [1.29, 1.82) is 0 Å². The zero-order valence-electron chi connectivity index (χ0n) is 14.8. The summed E-state index contributed by atoms with van der Waals surface area (Å²) in [5.74, 6) is 1.31. The van der Waals surface area contributed by atoms with Gasteiger partial charge in [0.25, 0.3) is 0 Å². The van der Waals surface area contributed by atoms with E-state index in [1.54, 1.807) is 0 Å². The molecule has 0 heterocycles. The van der Waals surface area contributed by atoms with Crippen LogP contribution < -0.4 is 10.6 Å². The molecule has 1 saturated carbocycles. The predicted octanol–water partition coefficient (Wildman–Crippen LogP) is 2.30. The summed E-state index contributed by atoms with van der Waals surface area (Å²) in [5.41, 5.74) is -0.589. The molecule has 0 aliphatic heterocycles. The van der Waals surface area contributed by atoms with E-state index in [-0.39, 0.29) is 6.10 Å². The molecule has 0 saturated heterocycles. The largest absolute Gasteiger partial charge is 0.388 e. The van der Waals surface area contributed by atoms with Gasteiger partial charge in [-0.3, -0.25) is 4.99 Å². The summed E-state index contributed by atoms with van der Waals surface area (Å²) < 4.78 is 5.76. The van der Waals surface area contributed by atoms with Crippen LogP contribution in [0.5, 0.6) is 0 Å². The van der Waals surface area contributed by atoms with Crippen molar-refractivity contribution < 1.29 is 9.84 Å². The Labute approximate surface area is 135 Å². The fourth-order valence-corrected chi connectivity index (χ4v) is 2.92. The molecule has 5 nitrogen and oxygen atoms in total. The van der Waals surface area contributed by atoms with Crippen molar-refractivity contribution in [2.45, 2.75) is 71.5 Å². The van der Waals surface area contributed by atoms with Crippen LogP contribution in [0.1, 0.15) is 59.8 Å². The highest BCUT2D eigenvalue weighted by Gasteiger charge is 2.30. The second kappa shape index (κ2) is 10.1. The minimum absolute atomic E-state index is 0.277. The van der Waals surface area contributed by atoms with Crippen LogP contribution in [0.15, 0.2) is 4.99 Å². The Hall–Kier alpha value is -0.810. The third-order valence-electron chi connectivity index (χ3n) is 4.26. The average molecular weight is 313 g/mol. The molecule has 1 unspecified atom stereocenters. The molecular formula is C17H35N3O2. The highest BCUT2D eigenvalue weighted by atomic mass is 16.5. The van der Waals surface area contributed by atoms with E-state index in [9.17, 15) is 5.11 Å². The molecule has 0 aromatic carbocycles. The summed E-state index contributed by atoms with van der Waals surface area (Å²) in [7, 11) is 0. The molecule has 1 atom stereocenters. The fourth-order valence-electron chi connectivity index (χ4n) is 2.92. The van der Waals surface area contributed by atoms with Crippen LogP contribution in [0.3, 0.4) is 0 Å². The monoisotopic (exact) mass is 313 g/mol. The second-order valence-electron chi connectivity index (χ2n) is 6.58. The lowest BCUT2D eigenvalue weighted by Crippen LogP contribution is -2.41. The summed E-state index contributed by atoms with van der Waals surface area (Å²) in [6, 6.07) is 0. The maximum Gasteiger partial charge on any atom is 0.191 e. The Kier molecular flexibility index (Phi) is 8.79. The van der Waals surface area contributed by atoms with Crippen molar-refractivity contribution in [3.05, 3.63) is 0 Å². The van der Waals surface area contributed by atoms with Crippen LogP contribution in [-0.4, -0.2) is 49.0 Å². The number of hydrogen-bond acceptors (Lipinski definition) is 3. The van der Waals surface area contributed by atoms with Crippen LogP contribution in [-0.2, 0) is 4.74 Å². The Morgan fingerprint density at radius 2 is 1.91 bits per heavy atom. The zero-order chi connectivity index (χ0) is 16.4. The van der Waals surface area contributed by atoms with Crippen LogP contribution in [0.25, 0.3) is 0 Å². The van der Waals surface area contributed by atoms with Gasteiger partial charge < -0.3 is 20.5 Å². The minimum atomic E-state index is -0.589. The summed E-state index contributed by atoms with van der Waals surface area (Å²) >= 11 is 0. The smallest absolute Gasteiger partial charge is 0.191 e. The first-order valence-electron chi connectivity index (χ1n) is 8.87. The van der Waals surface area contributed by atoms with E-state index < -0.39 is 5.60 Å². The van der Waals surface area contributed by atoms with Gasteiger partial charge in [0.05, 0.1) is 18.2 Å². The first-order chi connectivity index (χ1) is 10.5. The molecule has 22 heavy (non-hydrogen) atoms. The molecule has 0 aromatic rings. The Morgan fingerprint density at radius 1 is 1.23 bits per heavy atom. The van der Waals surface area contributed by atoms with E-state index >= 15 is 0 Å². The Balaban J connectivity index is 2.42. The molecule has 0 amide bonds. The SMILES string of the molecule is CCNC(=NCC1(O)CCCC1)NCCC(OCC)C(C)C. The third kappa shape index (κ3) is 6.97. The van der Waals surface area contributed by atoms with Gasteiger partial charge in [-0.15, -0.1) is 0 Å². The Morgan fingerprint density at radius 3 is 2.45 bits per heavy atom. The summed E-state index contributed by atoms with van der Waals surface area (Å²) in [5, 5.41) is 17.0. The molecule has 0 radical (unpaired) electrons. The number of aliphatic imine (C=N–C) groups is 1. The zero-order valence-corrected chi connectivity index (χ0v) is 14.8. The maximum atomic E-state index is 10.4. The summed E-state index contributed by atoms with van der Waals surface area (Å²) in [6.07, 6.45) is 5.20. The minimum Gasteiger partial charge on any atom is -0.388 e. The highest BCUT2D eigenvalue weighted by Crippen LogP contribution is 2.29. The molecule has 5 heteroatoms. The molecule has 1 fully saturated rings. The molecule has 0 spiro atoms.